The molecule has 3 aliphatic rings. The monoisotopic (exact) mass is 591 g/mol. The molecule has 0 heterocycles. The van der Waals surface area contributed by atoms with Crippen LogP contribution in [0.15, 0.2) is 46.1 Å². The average molecular weight is 589 g/mol. The van der Waals surface area contributed by atoms with Crippen molar-refractivity contribution in [3.05, 3.63) is 46.1 Å². The fraction of sp³-hybridized carbons (Fsp3) is 0.550. The van der Waals surface area contributed by atoms with Crippen molar-refractivity contribution < 1.29 is 19.1 Å². The van der Waals surface area contributed by atoms with Crippen LogP contribution in [-0.2, 0) is 19.1 Å². The van der Waals surface area contributed by atoms with Crippen molar-refractivity contribution in [3.63, 3.8) is 0 Å². The van der Waals surface area contributed by atoms with Crippen molar-refractivity contribution in [3.8, 4) is 0 Å². The zero-order valence-corrected chi connectivity index (χ0v) is 22.4. The fourth-order valence-electron chi connectivity index (χ4n) is 4.49. The van der Waals surface area contributed by atoms with Gasteiger partial charge >= 0.3 is 168 Å². The van der Waals surface area contributed by atoms with Crippen LogP contribution in [0.1, 0.15) is 46.0 Å². The first-order chi connectivity index (χ1) is 11.4. The number of rotatable bonds is 3. The standard InChI is InChI=1S/C20H27Ge.2ClH.Hf/c1-14(2)17-13-16-11-7-8-12-18(21(3)4)20(16)19(17)15-9-5-6-10-15;;;/h5-6,9,13-14H,7-8,10-12H2,1-4H3;2*1H;/q;;;+2/p-2. The second kappa shape index (κ2) is 8.23. The first kappa shape index (κ1) is 19.6. The summed E-state index contributed by atoms with van der Waals surface area (Å²) >= 11 is -3.72. The molecule has 0 saturated heterocycles. The van der Waals surface area contributed by atoms with Crippen LogP contribution >= 0.6 is 17.2 Å². The van der Waals surface area contributed by atoms with Crippen LogP contribution in [0.4, 0.5) is 0 Å². The summed E-state index contributed by atoms with van der Waals surface area (Å²) in [4.78, 5) is 0. The van der Waals surface area contributed by atoms with Crippen LogP contribution in [0, 0.1) is 5.92 Å². The fourth-order valence-corrected chi connectivity index (χ4v) is 16.2. The molecule has 129 valence electrons. The molecule has 1 atom stereocenters. The summed E-state index contributed by atoms with van der Waals surface area (Å²) in [6.45, 7) is 4.68. The summed E-state index contributed by atoms with van der Waals surface area (Å²) in [7, 11) is 13.5. The normalized spacial score (nSPS) is 23.9. The van der Waals surface area contributed by atoms with Gasteiger partial charge in [-0.3, -0.25) is 0 Å². The predicted octanol–water partition coefficient (Wildman–Crippen LogP) is 6.93. The van der Waals surface area contributed by atoms with Crippen molar-refractivity contribution in [2.75, 3.05) is 0 Å². The van der Waals surface area contributed by atoms with Gasteiger partial charge in [-0.1, -0.05) is 0 Å². The van der Waals surface area contributed by atoms with Gasteiger partial charge in [0.2, 0.25) is 0 Å². The molecule has 3 rings (SSSR count). The van der Waals surface area contributed by atoms with Crippen LogP contribution in [-0.4, -0.2) is 18.3 Å². The van der Waals surface area contributed by atoms with Gasteiger partial charge in [-0.15, -0.1) is 0 Å². The van der Waals surface area contributed by atoms with Gasteiger partial charge < -0.3 is 0 Å². The average Bonchev–Trinajstić information content (AvgIpc) is 3.07. The van der Waals surface area contributed by atoms with Gasteiger partial charge in [-0.05, 0) is 0 Å². The molecule has 24 heavy (non-hydrogen) atoms. The SMILES string of the molecule is CC(C)C1=C(C2=CC=CC2)C2=C(CCCC[C]2=[Ge]([CH3])[CH3])[CH]1[Hf]([Cl])[Cl]. The molecule has 0 aliphatic heterocycles. The van der Waals surface area contributed by atoms with E-state index in [-0.39, 0.29) is 0 Å². The van der Waals surface area contributed by atoms with Crippen LogP contribution in [0.3, 0.4) is 0 Å². The van der Waals surface area contributed by atoms with Gasteiger partial charge in [-0.2, -0.15) is 0 Å². The quantitative estimate of drug-likeness (QED) is 0.314. The Kier molecular flexibility index (Phi) is 6.72. The molecule has 3 aliphatic carbocycles. The molecule has 0 radical (unpaired) electrons. The Hall–Kier alpha value is 0.823. The molecule has 4 heteroatoms. The van der Waals surface area contributed by atoms with Gasteiger partial charge in [0.25, 0.3) is 0 Å². The molecule has 0 bridgehead atoms. The maximum atomic E-state index is 6.77. The van der Waals surface area contributed by atoms with E-state index in [1.807, 2.05) is 4.35 Å². The van der Waals surface area contributed by atoms with Crippen molar-refractivity contribution >= 4 is 35.4 Å². The van der Waals surface area contributed by atoms with E-state index in [0.717, 1.165) is 6.42 Å². The van der Waals surface area contributed by atoms with E-state index in [1.54, 1.807) is 22.3 Å². The molecular weight excluding hydrogens is 562 g/mol. The molecule has 0 aromatic rings. The van der Waals surface area contributed by atoms with Crippen molar-refractivity contribution in [1.29, 1.82) is 0 Å². The zero-order valence-electron chi connectivity index (χ0n) is 15.2. The van der Waals surface area contributed by atoms with E-state index < -0.39 is 33.0 Å². The van der Waals surface area contributed by atoms with Gasteiger partial charge in [0.05, 0.1) is 0 Å². The number of halogens is 2. The van der Waals surface area contributed by atoms with Crippen LogP contribution in [0.5, 0.6) is 0 Å². The molecular formula is C20H27Cl2GeHf. The molecule has 1 unspecified atom stereocenters. The number of hydrogen-bond donors (Lipinski definition) is 0. The van der Waals surface area contributed by atoms with E-state index in [1.165, 1.54) is 31.3 Å². The molecule has 0 nitrogen and oxygen atoms in total. The maximum absolute atomic E-state index is 6.77. The van der Waals surface area contributed by atoms with Crippen molar-refractivity contribution in [1.82, 2.24) is 0 Å². The van der Waals surface area contributed by atoms with Gasteiger partial charge in [0.15, 0.2) is 0 Å². The topological polar surface area (TPSA) is 0 Å². The van der Waals surface area contributed by atoms with Crippen LogP contribution in [0.25, 0.3) is 0 Å². The molecule has 0 N–H and O–H groups in total. The third-order valence-corrected chi connectivity index (χ3v) is 16.6. The summed E-state index contributed by atoms with van der Waals surface area (Å²) in [5, 5.41) is 0. The molecule has 0 fully saturated rings. The third kappa shape index (κ3) is 3.62. The van der Waals surface area contributed by atoms with E-state index >= 15 is 0 Å². The Balaban J connectivity index is 2.28. The van der Waals surface area contributed by atoms with E-state index in [2.05, 4.69) is 43.6 Å². The Bertz CT molecular complexity index is 688. The van der Waals surface area contributed by atoms with E-state index in [9.17, 15) is 0 Å². The molecule has 0 aromatic carbocycles. The minimum absolute atomic E-state index is 0.440. The molecule has 0 aromatic heterocycles. The Morgan fingerprint density at radius 2 is 1.83 bits per heavy atom. The first-order valence-electron chi connectivity index (χ1n) is 9.11. The summed E-state index contributed by atoms with van der Waals surface area (Å²) in [5.41, 5.74) is 8.04. The van der Waals surface area contributed by atoms with Crippen LogP contribution in [0.2, 0.25) is 15.2 Å². The Morgan fingerprint density at radius 1 is 1.12 bits per heavy atom. The molecule has 0 amide bonds. The summed E-state index contributed by atoms with van der Waals surface area (Å²) < 4.78 is 2.27. The molecule has 0 saturated carbocycles. The summed E-state index contributed by atoms with van der Waals surface area (Å²) in [6, 6.07) is 0. The van der Waals surface area contributed by atoms with E-state index in [0.29, 0.717) is 9.59 Å². The summed E-state index contributed by atoms with van der Waals surface area (Å²) in [6.07, 6.45) is 13.1. The van der Waals surface area contributed by atoms with Crippen molar-refractivity contribution in [2.24, 2.45) is 5.92 Å². The number of hydrogen-bond acceptors (Lipinski definition) is 0. The minimum atomic E-state index is -2.59. The van der Waals surface area contributed by atoms with E-state index in [4.69, 9.17) is 17.2 Å². The Labute approximate surface area is 166 Å². The zero-order chi connectivity index (χ0) is 17.4. The second-order valence-electron chi connectivity index (χ2n) is 7.62. The second-order valence-corrected chi connectivity index (χ2v) is 25.5. The molecule has 0 spiro atoms. The number of allylic oxidation sites excluding steroid dienone is 8. The van der Waals surface area contributed by atoms with Crippen molar-refractivity contribution in [2.45, 2.75) is 61.1 Å². The first-order valence-corrected chi connectivity index (χ1v) is 25.3. The van der Waals surface area contributed by atoms with Gasteiger partial charge in [-0.25, -0.2) is 0 Å². The Morgan fingerprint density at radius 3 is 2.38 bits per heavy atom. The third-order valence-electron chi connectivity index (χ3n) is 5.48. The van der Waals surface area contributed by atoms with Gasteiger partial charge in [0.1, 0.15) is 0 Å². The summed E-state index contributed by atoms with van der Waals surface area (Å²) in [5.74, 6) is 5.58. The van der Waals surface area contributed by atoms with Gasteiger partial charge in [0, 0.05) is 0 Å². The predicted molar refractivity (Wildman–Crippen MR) is 107 cm³/mol. The van der Waals surface area contributed by atoms with Crippen LogP contribution < -0.4 is 0 Å².